The molecule has 26 heavy (non-hydrogen) atoms. The zero-order valence-corrected chi connectivity index (χ0v) is 14.6. The third-order valence-corrected chi connectivity index (χ3v) is 3.58. The Kier molecular flexibility index (Phi) is 6.99. The maximum Gasteiger partial charge on any atom is 0.255 e. The highest BCUT2D eigenvalue weighted by atomic mass is 35.5. The smallest absolute Gasteiger partial charge is 0.255 e. The fourth-order valence-corrected chi connectivity index (χ4v) is 2.29. The fourth-order valence-electron chi connectivity index (χ4n) is 2.07. The molecule has 2 aromatic rings. The van der Waals surface area contributed by atoms with E-state index in [4.69, 9.17) is 22.1 Å². The number of rotatable bonds is 8. The van der Waals surface area contributed by atoms with Gasteiger partial charge in [-0.1, -0.05) is 29.8 Å². The Morgan fingerprint density at radius 2 is 1.85 bits per heavy atom. The second kappa shape index (κ2) is 9.43. The first-order valence-electron chi connectivity index (χ1n) is 7.79. The number of anilines is 1. The van der Waals surface area contributed by atoms with E-state index < -0.39 is 5.91 Å². The zero-order valence-electron chi connectivity index (χ0n) is 13.8. The summed E-state index contributed by atoms with van der Waals surface area (Å²) >= 11 is 5.95. The molecular formula is C18H18ClN3O4. The number of carbonyl (C=O) groups is 3. The molecule has 0 heterocycles. The molecule has 0 aliphatic heterocycles. The third kappa shape index (κ3) is 6.10. The van der Waals surface area contributed by atoms with Gasteiger partial charge in [-0.25, -0.2) is 0 Å². The van der Waals surface area contributed by atoms with E-state index in [-0.39, 0.29) is 31.4 Å². The van der Waals surface area contributed by atoms with Crippen LogP contribution in [0, 0.1) is 0 Å². The lowest BCUT2D eigenvalue weighted by molar-refractivity contribution is -0.120. The van der Waals surface area contributed by atoms with E-state index in [0.29, 0.717) is 22.0 Å². The molecular weight excluding hydrogens is 358 g/mol. The largest absolute Gasteiger partial charge is 0.484 e. The van der Waals surface area contributed by atoms with Crippen molar-refractivity contribution in [2.75, 3.05) is 18.5 Å². The van der Waals surface area contributed by atoms with Crippen molar-refractivity contribution < 1.29 is 19.1 Å². The molecule has 0 aromatic heterocycles. The first kappa shape index (κ1) is 19.3. The predicted octanol–water partition coefficient (Wildman–Crippen LogP) is 1.96. The molecule has 3 amide bonds. The standard InChI is InChI=1S/C18H18ClN3O4/c19-15-7-2-1-6-14(15)18(25)21-9-8-17(24)22-12-4-3-5-13(10-12)26-11-16(20)23/h1-7,10H,8-9,11H2,(H2,20,23)(H,21,25)(H,22,24). The Labute approximate surface area is 155 Å². The molecule has 136 valence electrons. The molecule has 4 N–H and O–H groups in total. The van der Waals surface area contributed by atoms with E-state index in [1.54, 1.807) is 48.5 Å². The second-order valence-corrected chi connectivity index (χ2v) is 5.72. The number of halogens is 1. The van der Waals surface area contributed by atoms with Crippen molar-refractivity contribution in [2.45, 2.75) is 6.42 Å². The van der Waals surface area contributed by atoms with Crippen molar-refractivity contribution in [2.24, 2.45) is 5.73 Å². The molecule has 8 heteroatoms. The van der Waals surface area contributed by atoms with E-state index in [1.165, 1.54) is 0 Å². The number of benzene rings is 2. The number of amides is 3. The Hall–Kier alpha value is -3.06. The summed E-state index contributed by atoms with van der Waals surface area (Å²) in [5, 5.41) is 5.67. The minimum atomic E-state index is -0.589. The number of nitrogens with two attached hydrogens (primary N) is 1. The molecule has 0 atom stereocenters. The molecule has 0 fully saturated rings. The quantitative estimate of drug-likeness (QED) is 0.655. The van der Waals surface area contributed by atoms with Crippen molar-refractivity contribution >= 4 is 35.0 Å². The highest BCUT2D eigenvalue weighted by Gasteiger charge is 2.10. The Balaban J connectivity index is 1.80. The molecule has 0 spiro atoms. The minimum absolute atomic E-state index is 0.0859. The van der Waals surface area contributed by atoms with Crippen LogP contribution in [0.5, 0.6) is 5.75 Å². The third-order valence-electron chi connectivity index (χ3n) is 3.25. The number of hydrogen-bond donors (Lipinski definition) is 3. The zero-order chi connectivity index (χ0) is 18.9. The number of hydrogen-bond acceptors (Lipinski definition) is 4. The molecule has 2 aromatic carbocycles. The predicted molar refractivity (Wildman–Crippen MR) is 98.2 cm³/mol. The summed E-state index contributed by atoms with van der Waals surface area (Å²) in [6, 6.07) is 13.2. The van der Waals surface area contributed by atoms with Gasteiger partial charge in [0.15, 0.2) is 6.61 Å². The first-order chi connectivity index (χ1) is 12.5. The summed E-state index contributed by atoms with van der Waals surface area (Å²) in [5.41, 5.74) is 5.88. The van der Waals surface area contributed by atoms with Crippen LogP contribution in [0.1, 0.15) is 16.8 Å². The van der Waals surface area contributed by atoms with Crippen molar-refractivity contribution in [3.63, 3.8) is 0 Å². The topological polar surface area (TPSA) is 111 Å². The average molecular weight is 376 g/mol. The lowest BCUT2D eigenvalue weighted by Gasteiger charge is -2.09. The molecule has 0 aliphatic rings. The van der Waals surface area contributed by atoms with Crippen LogP contribution in [-0.2, 0) is 9.59 Å². The molecule has 0 unspecified atom stereocenters. The fraction of sp³-hybridized carbons (Fsp3) is 0.167. The Morgan fingerprint density at radius 3 is 2.58 bits per heavy atom. The highest BCUT2D eigenvalue weighted by Crippen LogP contribution is 2.17. The number of primary amides is 1. The van der Waals surface area contributed by atoms with Gasteiger partial charge in [-0.3, -0.25) is 14.4 Å². The van der Waals surface area contributed by atoms with Gasteiger partial charge in [-0.05, 0) is 24.3 Å². The summed E-state index contributed by atoms with van der Waals surface area (Å²) in [4.78, 5) is 34.7. The van der Waals surface area contributed by atoms with E-state index in [2.05, 4.69) is 10.6 Å². The van der Waals surface area contributed by atoms with Crippen molar-refractivity contribution in [3.8, 4) is 5.75 Å². The highest BCUT2D eigenvalue weighted by molar-refractivity contribution is 6.33. The Bertz CT molecular complexity index is 811. The maximum absolute atomic E-state index is 12.0. The molecule has 0 saturated carbocycles. The molecule has 0 bridgehead atoms. The lowest BCUT2D eigenvalue weighted by atomic mass is 10.2. The summed E-state index contributed by atoms with van der Waals surface area (Å²) < 4.78 is 5.17. The van der Waals surface area contributed by atoms with Crippen LogP contribution in [0.3, 0.4) is 0 Å². The van der Waals surface area contributed by atoms with E-state index in [1.807, 2.05) is 0 Å². The molecule has 0 saturated heterocycles. The van der Waals surface area contributed by atoms with E-state index in [9.17, 15) is 14.4 Å². The molecule has 0 aliphatic carbocycles. The van der Waals surface area contributed by atoms with Gasteiger partial charge in [0.2, 0.25) is 5.91 Å². The van der Waals surface area contributed by atoms with Gasteiger partial charge in [0.1, 0.15) is 5.75 Å². The van der Waals surface area contributed by atoms with Gasteiger partial charge in [0, 0.05) is 24.7 Å². The van der Waals surface area contributed by atoms with Crippen LogP contribution in [-0.4, -0.2) is 30.9 Å². The van der Waals surface area contributed by atoms with Crippen LogP contribution < -0.4 is 21.1 Å². The Morgan fingerprint density at radius 1 is 1.08 bits per heavy atom. The number of nitrogens with one attached hydrogen (secondary N) is 2. The van der Waals surface area contributed by atoms with Crippen LogP contribution in [0.15, 0.2) is 48.5 Å². The van der Waals surface area contributed by atoms with Crippen molar-refractivity contribution in [1.82, 2.24) is 5.32 Å². The van der Waals surface area contributed by atoms with Gasteiger partial charge >= 0.3 is 0 Å². The van der Waals surface area contributed by atoms with Crippen LogP contribution in [0.4, 0.5) is 5.69 Å². The van der Waals surface area contributed by atoms with E-state index in [0.717, 1.165) is 0 Å². The maximum atomic E-state index is 12.0. The summed E-state index contributed by atoms with van der Waals surface area (Å²) in [6.07, 6.45) is 0.0859. The SMILES string of the molecule is NC(=O)COc1cccc(NC(=O)CCNC(=O)c2ccccc2Cl)c1. The molecule has 7 nitrogen and oxygen atoms in total. The first-order valence-corrected chi connectivity index (χ1v) is 8.17. The van der Waals surface area contributed by atoms with Gasteiger partial charge in [-0.2, -0.15) is 0 Å². The second-order valence-electron chi connectivity index (χ2n) is 5.32. The van der Waals surface area contributed by atoms with Crippen LogP contribution in [0.2, 0.25) is 5.02 Å². The van der Waals surface area contributed by atoms with E-state index >= 15 is 0 Å². The molecule has 0 radical (unpaired) electrons. The van der Waals surface area contributed by atoms with Gasteiger partial charge < -0.3 is 21.1 Å². The normalized spacial score (nSPS) is 10.0. The number of ether oxygens (including phenoxy) is 1. The average Bonchev–Trinajstić information content (AvgIpc) is 2.60. The van der Waals surface area contributed by atoms with Gasteiger partial charge in [0.05, 0.1) is 10.6 Å². The lowest BCUT2D eigenvalue weighted by Crippen LogP contribution is -2.27. The number of carbonyl (C=O) groups excluding carboxylic acids is 3. The van der Waals surface area contributed by atoms with Gasteiger partial charge in [-0.15, -0.1) is 0 Å². The molecule has 2 rings (SSSR count). The van der Waals surface area contributed by atoms with Crippen LogP contribution in [0.25, 0.3) is 0 Å². The summed E-state index contributed by atoms with van der Waals surface area (Å²) in [6.45, 7) is -0.0841. The van der Waals surface area contributed by atoms with Crippen molar-refractivity contribution in [3.05, 3.63) is 59.1 Å². The monoisotopic (exact) mass is 375 g/mol. The van der Waals surface area contributed by atoms with Crippen molar-refractivity contribution in [1.29, 1.82) is 0 Å². The summed E-state index contributed by atoms with van der Waals surface area (Å²) in [7, 11) is 0. The minimum Gasteiger partial charge on any atom is -0.484 e. The van der Waals surface area contributed by atoms with Gasteiger partial charge in [0.25, 0.3) is 11.8 Å². The van der Waals surface area contributed by atoms with Crippen LogP contribution >= 0.6 is 11.6 Å². The summed E-state index contributed by atoms with van der Waals surface area (Å²) in [5.74, 6) is -0.802.